The molecule has 1 aliphatic heterocycles. The summed E-state index contributed by atoms with van der Waals surface area (Å²) in [4.78, 5) is 33.5. The lowest BCUT2D eigenvalue weighted by molar-refractivity contribution is -0.123. The summed E-state index contributed by atoms with van der Waals surface area (Å²) in [7, 11) is 0. The van der Waals surface area contributed by atoms with Crippen LogP contribution in [0.4, 0.5) is 5.82 Å². The van der Waals surface area contributed by atoms with Crippen molar-refractivity contribution in [1.82, 2.24) is 14.3 Å². The molecule has 3 aromatic rings. The van der Waals surface area contributed by atoms with Gasteiger partial charge in [-0.05, 0) is 49.6 Å². The number of aromatic nitrogens is 2. The molecular formula is C23H22N4O3S2. The highest BCUT2D eigenvalue weighted by Gasteiger charge is 2.38. The molecule has 9 heteroatoms. The molecule has 0 bridgehead atoms. The number of anilines is 1. The number of aryl methyl sites for hydroxylation is 1. The Morgan fingerprint density at radius 3 is 2.84 bits per heavy atom. The van der Waals surface area contributed by atoms with Gasteiger partial charge >= 0.3 is 0 Å². The molecular weight excluding hydrogens is 444 g/mol. The van der Waals surface area contributed by atoms with Gasteiger partial charge in [0.05, 0.1) is 23.3 Å². The zero-order valence-corrected chi connectivity index (χ0v) is 19.2. The molecule has 1 N–H and O–H groups in total. The minimum Gasteiger partial charge on any atom is -0.467 e. The van der Waals surface area contributed by atoms with E-state index in [4.69, 9.17) is 21.6 Å². The molecule has 0 unspecified atom stereocenters. The van der Waals surface area contributed by atoms with Gasteiger partial charge in [-0.1, -0.05) is 42.9 Å². The number of carbonyl (C=O) groups is 1. The lowest BCUT2D eigenvalue weighted by Crippen LogP contribution is -2.36. The Hall–Kier alpha value is -2.91. The van der Waals surface area contributed by atoms with E-state index in [1.807, 2.05) is 25.1 Å². The normalized spacial score (nSPS) is 18.4. The number of thioether (sulfide) groups is 1. The van der Waals surface area contributed by atoms with Crippen LogP contribution in [-0.4, -0.2) is 30.6 Å². The molecule has 32 heavy (non-hydrogen) atoms. The molecule has 2 aliphatic rings. The van der Waals surface area contributed by atoms with Crippen molar-refractivity contribution in [2.24, 2.45) is 0 Å². The van der Waals surface area contributed by atoms with Crippen molar-refractivity contribution < 1.29 is 9.21 Å². The van der Waals surface area contributed by atoms with E-state index >= 15 is 0 Å². The number of hydrogen-bond donors (Lipinski definition) is 1. The maximum absolute atomic E-state index is 13.4. The molecule has 5 rings (SSSR count). The van der Waals surface area contributed by atoms with Crippen LogP contribution in [0.5, 0.6) is 0 Å². The van der Waals surface area contributed by atoms with Gasteiger partial charge in [0, 0.05) is 12.2 Å². The molecule has 2 fully saturated rings. The molecule has 0 spiro atoms. The van der Waals surface area contributed by atoms with Gasteiger partial charge in [0.2, 0.25) is 0 Å². The monoisotopic (exact) mass is 466 g/mol. The molecule has 3 aromatic heterocycles. The second-order valence-electron chi connectivity index (χ2n) is 7.99. The first-order chi connectivity index (χ1) is 15.5. The zero-order valence-electron chi connectivity index (χ0n) is 17.5. The van der Waals surface area contributed by atoms with Crippen LogP contribution < -0.4 is 10.9 Å². The van der Waals surface area contributed by atoms with Gasteiger partial charge in [-0.25, -0.2) is 4.98 Å². The van der Waals surface area contributed by atoms with Gasteiger partial charge in [-0.3, -0.25) is 18.9 Å². The van der Waals surface area contributed by atoms with Crippen molar-refractivity contribution in [3.63, 3.8) is 0 Å². The van der Waals surface area contributed by atoms with E-state index in [0.29, 0.717) is 32.8 Å². The maximum atomic E-state index is 13.4. The fraction of sp³-hybridized carbons (Fsp3) is 0.304. The SMILES string of the molecule is Cc1cccn2c(=O)c(/C=C3/SC(=S)N(C4CCCC4)C3=O)c(NCc3ccco3)nc12. The first kappa shape index (κ1) is 21.0. The van der Waals surface area contributed by atoms with Crippen LogP contribution in [0.15, 0.2) is 50.8 Å². The van der Waals surface area contributed by atoms with Crippen molar-refractivity contribution in [2.75, 3.05) is 5.32 Å². The lowest BCUT2D eigenvalue weighted by atomic mass is 10.2. The second-order valence-corrected chi connectivity index (χ2v) is 9.66. The zero-order chi connectivity index (χ0) is 22.2. The Morgan fingerprint density at radius 2 is 2.09 bits per heavy atom. The molecule has 4 heterocycles. The van der Waals surface area contributed by atoms with Crippen LogP contribution >= 0.6 is 24.0 Å². The highest BCUT2D eigenvalue weighted by Crippen LogP contribution is 2.38. The minimum absolute atomic E-state index is 0.127. The van der Waals surface area contributed by atoms with Gasteiger partial charge in [0.1, 0.15) is 21.5 Å². The Morgan fingerprint density at radius 1 is 1.28 bits per heavy atom. The Kier molecular flexibility index (Phi) is 5.60. The van der Waals surface area contributed by atoms with E-state index in [1.165, 1.54) is 16.2 Å². The summed E-state index contributed by atoms with van der Waals surface area (Å²) in [5, 5.41) is 3.21. The van der Waals surface area contributed by atoms with Crippen molar-refractivity contribution in [3.05, 3.63) is 68.9 Å². The number of carbonyl (C=O) groups excluding carboxylic acids is 1. The average Bonchev–Trinajstić information content (AvgIpc) is 3.52. The second kappa shape index (κ2) is 8.55. The number of furan rings is 1. The van der Waals surface area contributed by atoms with Crippen LogP contribution in [0.3, 0.4) is 0 Å². The third kappa shape index (κ3) is 3.75. The van der Waals surface area contributed by atoms with E-state index in [-0.39, 0.29) is 17.5 Å². The molecule has 1 saturated heterocycles. The number of pyridine rings is 1. The summed E-state index contributed by atoms with van der Waals surface area (Å²) in [5.41, 5.74) is 1.53. The molecule has 0 aromatic carbocycles. The van der Waals surface area contributed by atoms with Crippen molar-refractivity contribution in [2.45, 2.75) is 45.2 Å². The molecule has 0 atom stereocenters. The summed E-state index contributed by atoms with van der Waals surface area (Å²) in [6.45, 7) is 2.27. The molecule has 0 radical (unpaired) electrons. The van der Waals surface area contributed by atoms with Crippen LogP contribution in [-0.2, 0) is 11.3 Å². The number of amides is 1. The van der Waals surface area contributed by atoms with Crippen molar-refractivity contribution >= 4 is 51.7 Å². The van der Waals surface area contributed by atoms with E-state index in [9.17, 15) is 9.59 Å². The summed E-state index contributed by atoms with van der Waals surface area (Å²) in [6.07, 6.45) is 9.06. The van der Waals surface area contributed by atoms with Gasteiger partial charge in [0.25, 0.3) is 11.5 Å². The highest BCUT2D eigenvalue weighted by molar-refractivity contribution is 8.26. The number of thiocarbonyl (C=S) groups is 1. The van der Waals surface area contributed by atoms with Gasteiger partial charge in [0.15, 0.2) is 0 Å². The maximum Gasteiger partial charge on any atom is 0.267 e. The smallest absolute Gasteiger partial charge is 0.267 e. The fourth-order valence-corrected chi connectivity index (χ4v) is 5.63. The fourth-order valence-electron chi connectivity index (χ4n) is 4.25. The number of nitrogens with one attached hydrogen (secondary N) is 1. The Labute approximate surface area is 194 Å². The van der Waals surface area contributed by atoms with Gasteiger partial charge in [-0.15, -0.1) is 0 Å². The number of rotatable bonds is 5. The number of nitrogens with zero attached hydrogens (tertiary/aromatic N) is 3. The summed E-state index contributed by atoms with van der Waals surface area (Å²) < 4.78 is 7.47. The van der Waals surface area contributed by atoms with Crippen LogP contribution in [0.25, 0.3) is 11.7 Å². The van der Waals surface area contributed by atoms with E-state index in [1.54, 1.807) is 29.5 Å². The third-order valence-corrected chi connectivity index (χ3v) is 7.21. The summed E-state index contributed by atoms with van der Waals surface area (Å²) in [6, 6.07) is 7.52. The quantitative estimate of drug-likeness (QED) is 0.442. The van der Waals surface area contributed by atoms with E-state index < -0.39 is 0 Å². The molecule has 1 amide bonds. The minimum atomic E-state index is -0.244. The van der Waals surface area contributed by atoms with Crippen molar-refractivity contribution in [3.8, 4) is 0 Å². The van der Waals surface area contributed by atoms with Crippen LogP contribution in [0, 0.1) is 6.92 Å². The standard InChI is InChI=1S/C23H22N4O3S2/c1-14-6-4-10-26-20(14)25-19(24-13-16-9-5-11-30-16)17(21(26)28)12-18-22(29)27(23(31)32-18)15-7-2-3-8-15/h4-6,9-12,15,24H,2-3,7-8,13H2,1H3/b18-12+. The van der Waals surface area contributed by atoms with E-state index in [0.717, 1.165) is 37.0 Å². The predicted octanol–water partition coefficient (Wildman–Crippen LogP) is 4.35. The molecule has 1 aliphatic carbocycles. The van der Waals surface area contributed by atoms with Crippen molar-refractivity contribution in [1.29, 1.82) is 0 Å². The average molecular weight is 467 g/mol. The summed E-state index contributed by atoms with van der Waals surface area (Å²) >= 11 is 6.76. The molecule has 1 saturated carbocycles. The molecule has 164 valence electrons. The highest BCUT2D eigenvalue weighted by atomic mass is 32.2. The topological polar surface area (TPSA) is 79.9 Å². The van der Waals surface area contributed by atoms with E-state index in [2.05, 4.69) is 5.32 Å². The summed E-state index contributed by atoms with van der Waals surface area (Å²) in [5.74, 6) is 1.000. The van der Waals surface area contributed by atoms with Crippen LogP contribution in [0.1, 0.15) is 42.6 Å². The molecule has 7 nitrogen and oxygen atoms in total. The largest absolute Gasteiger partial charge is 0.467 e. The predicted molar refractivity (Wildman–Crippen MR) is 130 cm³/mol. The Balaban J connectivity index is 1.58. The Bertz CT molecular complexity index is 1290. The first-order valence-corrected chi connectivity index (χ1v) is 11.8. The number of fused-ring (bicyclic) bond motifs is 1. The van der Waals surface area contributed by atoms with Gasteiger partial charge in [-0.2, -0.15) is 0 Å². The third-order valence-electron chi connectivity index (χ3n) is 5.88. The van der Waals surface area contributed by atoms with Gasteiger partial charge < -0.3 is 9.73 Å². The van der Waals surface area contributed by atoms with Crippen LogP contribution in [0.2, 0.25) is 0 Å². The first-order valence-electron chi connectivity index (χ1n) is 10.6. The number of hydrogen-bond acceptors (Lipinski definition) is 7. The lowest BCUT2D eigenvalue weighted by Gasteiger charge is -2.21.